The first-order chi connectivity index (χ1) is 12.7. The average Bonchev–Trinajstić information content (AvgIpc) is 3.21. The second-order valence-corrected chi connectivity index (χ2v) is 6.15. The first-order valence-electron chi connectivity index (χ1n) is 8.28. The molecular formula is C20H19N3O3. The van der Waals surface area contributed by atoms with Crippen molar-refractivity contribution < 1.29 is 14.3 Å². The zero-order valence-corrected chi connectivity index (χ0v) is 14.8. The van der Waals surface area contributed by atoms with Gasteiger partial charge < -0.3 is 14.4 Å². The Morgan fingerprint density at radius 3 is 2.54 bits per heavy atom. The summed E-state index contributed by atoms with van der Waals surface area (Å²) in [6.07, 6.45) is 0. The monoisotopic (exact) mass is 349 g/mol. The molecule has 0 bridgehead atoms. The lowest BCUT2D eigenvalue weighted by molar-refractivity contribution is 0.0786. The van der Waals surface area contributed by atoms with Gasteiger partial charge in [-0.3, -0.25) is 9.89 Å². The van der Waals surface area contributed by atoms with Crippen LogP contribution in [0.4, 0.5) is 0 Å². The summed E-state index contributed by atoms with van der Waals surface area (Å²) >= 11 is 0. The Morgan fingerprint density at radius 1 is 1.08 bits per heavy atom. The van der Waals surface area contributed by atoms with Gasteiger partial charge in [0, 0.05) is 23.7 Å². The molecule has 0 unspecified atom stereocenters. The number of carbonyl (C=O) groups is 1. The summed E-state index contributed by atoms with van der Waals surface area (Å²) in [4.78, 5) is 14.5. The highest BCUT2D eigenvalue weighted by Crippen LogP contribution is 2.45. The first-order valence-corrected chi connectivity index (χ1v) is 8.28. The number of hydrogen-bond donors (Lipinski definition) is 1. The zero-order chi connectivity index (χ0) is 18.3. The number of aromatic nitrogens is 2. The van der Waals surface area contributed by atoms with E-state index in [0.717, 1.165) is 22.4 Å². The number of nitrogens with zero attached hydrogens (tertiary/aromatic N) is 2. The van der Waals surface area contributed by atoms with E-state index in [1.54, 1.807) is 26.2 Å². The second kappa shape index (κ2) is 6.22. The van der Waals surface area contributed by atoms with Crippen LogP contribution < -0.4 is 9.47 Å². The van der Waals surface area contributed by atoms with E-state index in [1.165, 1.54) is 0 Å². The number of ether oxygens (including phenoxy) is 2. The molecule has 6 nitrogen and oxygen atoms in total. The van der Waals surface area contributed by atoms with Crippen LogP contribution in [-0.4, -0.2) is 42.3 Å². The SMILES string of the molecule is COc1ccc(OC)c([C@H]2c3c(-c4ccccc4)n[nH]c3C(=O)N2C)c1. The number of rotatable bonds is 4. The van der Waals surface area contributed by atoms with E-state index >= 15 is 0 Å². The number of amides is 1. The van der Waals surface area contributed by atoms with Gasteiger partial charge in [0.1, 0.15) is 17.2 Å². The first kappa shape index (κ1) is 16.2. The summed E-state index contributed by atoms with van der Waals surface area (Å²) in [5.74, 6) is 1.31. The van der Waals surface area contributed by atoms with Gasteiger partial charge in [0.05, 0.1) is 26.0 Å². The quantitative estimate of drug-likeness (QED) is 0.785. The van der Waals surface area contributed by atoms with Crippen LogP contribution in [0.15, 0.2) is 48.5 Å². The average molecular weight is 349 g/mol. The van der Waals surface area contributed by atoms with Gasteiger partial charge in [-0.25, -0.2) is 0 Å². The van der Waals surface area contributed by atoms with Crippen LogP contribution >= 0.6 is 0 Å². The Balaban J connectivity index is 1.93. The molecule has 0 saturated carbocycles. The lowest BCUT2D eigenvalue weighted by atomic mass is 9.95. The predicted molar refractivity (Wildman–Crippen MR) is 97.5 cm³/mol. The maximum atomic E-state index is 12.8. The highest BCUT2D eigenvalue weighted by Gasteiger charge is 2.41. The van der Waals surface area contributed by atoms with Crippen LogP contribution in [0.2, 0.25) is 0 Å². The van der Waals surface area contributed by atoms with Crippen LogP contribution in [0.5, 0.6) is 11.5 Å². The number of hydrogen-bond acceptors (Lipinski definition) is 4. The van der Waals surface area contributed by atoms with Crippen molar-refractivity contribution in [3.05, 3.63) is 65.4 Å². The minimum absolute atomic E-state index is 0.0930. The Bertz CT molecular complexity index is 966. The molecule has 0 spiro atoms. The zero-order valence-electron chi connectivity index (χ0n) is 14.8. The third-order valence-corrected chi connectivity index (χ3v) is 4.78. The Kier molecular flexibility index (Phi) is 3.88. The molecule has 0 radical (unpaired) electrons. The molecule has 1 amide bonds. The van der Waals surface area contributed by atoms with Crippen LogP contribution in [0.3, 0.4) is 0 Å². The Labute approximate surface area is 151 Å². The van der Waals surface area contributed by atoms with Crippen molar-refractivity contribution in [2.24, 2.45) is 0 Å². The van der Waals surface area contributed by atoms with Crippen molar-refractivity contribution in [2.45, 2.75) is 6.04 Å². The Morgan fingerprint density at radius 2 is 1.85 bits per heavy atom. The van der Waals surface area contributed by atoms with Gasteiger partial charge in [0.25, 0.3) is 5.91 Å². The molecule has 1 atom stereocenters. The lowest BCUT2D eigenvalue weighted by Gasteiger charge is -2.24. The highest BCUT2D eigenvalue weighted by molar-refractivity contribution is 6.00. The fraction of sp³-hybridized carbons (Fsp3) is 0.200. The number of nitrogens with one attached hydrogen (secondary N) is 1. The molecule has 4 rings (SSSR count). The van der Waals surface area contributed by atoms with E-state index < -0.39 is 0 Å². The van der Waals surface area contributed by atoms with E-state index in [4.69, 9.17) is 9.47 Å². The summed E-state index contributed by atoms with van der Waals surface area (Å²) in [6, 6.07) is 15.1. The topological polar surface area (TPSA) is 67.5 Å². The third-order valence-electron chi connectivity index (χ3n) is 4.78. The molecule has 2 aromatic carbocycles. The number of H-pyrrole nitrogens is 1. The molecule has 1 aromatic heterocycles. The summed E-state index contributed by atoms with van der Waals surface area (Å²) < 4.78 is 10.9. The van der Waals surface area contributed by atoms with Crippen molar-refractivity contribution in [1.82, 2.24) is 15.1 Å². The molecule has 0 saturated heterocycles. The number of aromatic amines is 1. The standard InChI is InChI=1S/C20H19N3O3/c1-23-19(14-11-13(25-2)9-10-15(14)26-3)16-17(12-7-5-4-6-8-12)21-22-18(16)20(23)24/h4-11,19H,1-3H3,(H,21,22)/t19-/m0/s1. The highest BCUT2D eigenvalue weighted by atomic mass is 16.5. The third kappa shape index (κ3) is 2.34. The summed E-state index contributed by atoms with van der Waals surface area (Å²) in [5.41, 5.74) is 3.96. The fourth-order valence-corrected chi connectivity index (χ4v) is 3.50. The summed E-state index contributed by atoms with van der Waals surface area (Å²) in [7, 11) is 5.03. The van der Waals surface area contributed by atoms with Gasteiger partial charge in [-0.1, -0.05) is 30.3 Å². The van der Waals surface area contributed by atoms with E-state index in [1.807, 2.05) is 48.5 Å². The molecule has 1 aliphatic heterocycles. The smallest absolute Gasteiger partial charge is 0.272 e. The maximum absolute atomic E-state index is 12.8. The number of carbonyl (C=O) groups excluding carboxylic acids is 1. The molecule has 132 valence electrons. The van der Waals surface area contributed by atoms with Crippen LogP contribution in [0, 0.1) is 0 Å². The summed E-state index contributed by atoms with van der Waals surface area (Å²) in [6.45, 7) is 0. The number of methoxy groups -OCH3 is 2. The van der Waals surface area contributed by atoms with Gasteiger partial charge in [0.2, 0.25) is 0 Å². The fourth-order valence-electron chi connectivity index (χ4n) is 3.50. The van der Waals surface area contributed by atoms with Crippen molar-refractivity contribution in [1.29, 1.82) is 0 Å². The normalized spacial score (nSPS) is 15.9. The van der Waals surface area contributed by atoms with Crippen molar-refractivity contribution in [3.8, 4) is 22.8 Å². The molecule has 0 aliphatic carbocycles. The van der Waals surface area contributed by atoms with Crippen molar-refractivity contribution in [3.63, 3.8) is 0 Å². The minimum atomic E-state index is -0.309. The van der Waals surface area contributed by atoms with E-state index in [-0.39, 0.29) is 11.9 Å². The van der Waals surface area contributed by atoms with Gasteiger partial charge in [-0.15, -0.1) is 0 Å². The second-order valence-electron chi connectivity index (χ2n) is 6.15. The molecule has 6 heteroatoms. The molecule has 26 heavy (non-hydrogen) atoms. The molecule has 0 fully saturated rings. The van der Waals surface area contributed by atoms with Gasteiger partial charge in [-0.05, 0) is 18.2 Å². The van der Waals surface area contributed by atoms with Crippen molar-refractivity contribution in [2.75, 3.05) is 21.3 Å². The van der Waals surface area contributed by atoms with Crippen LogP contribution in [-0.2, 0) is 0 Å². The molecule has 1 aliphatic rings. The number of fused-ring (bicyclic) bond motifs is 1. The molecule has 1 N–H and O–H groups in total. The van der Waals surface area contributed by atoms with Gasteiger partial charge in [-0.2, -0.15) is 5.10 Å². The largest absolute Gasteiger partial charge is 0.497 e. The molecular weight excluding hydrogens is 330 g/mol. The van der Waals surface area contributed by atoms with E-state index in [9.17, 15) is 4.79 Å². The van der Waals surface area contributed by atoms with E-state index in [0.29, 0.717) is 17.2 Å². The predicted octanol–water partition coefficient (Wildman–Crippen LogP) is 3.27. The minimum Gasteiger partial charge on any atom is -0.497 e. The summed E-state index contributed by atoms with van der Waals surface area (Å²) in [5, 5.41) is 7.34. The van der Waals surface area contributed by atoms with Crippen LogP contribution in [0.25, 0.3) is 11.3 Å². The van der Waals surface area contributed by atoms with Gasteiger partial charge in [0.15, 0.2) is 0 Å². The Hall–Kier alpha value is -3.28. The lowest BCUT2D eigenvalue weighted by Crippen LogP contribution is -2.25. The van der Waals surface area contributed by atoms with Crippen LogP contribution in [0.1, 0.15) is 27.7 Å². The molecule has 2 heterocycles. The number of benzene rings is 2. The van der Waals surface area contributed by atoms with Gasteiger partial charge >= 0.3 is 0 Å². The molecule has 3 aromatic rings. The maximum Gasteiger partial charge on any atom is 0.272 e. The van der Waals surface area contributed by atoms with E-state index in [2.05, 4.69) is 10.2 Å². The van der Waals surface area contributed by atoms with Crippen molar-refractivity contribution >= 4 is 5.91 Å².